The number of amides is 3. The van der Waals surface area contributed by atoms with Gasteiger partial charge in [0, 0.05) is 10.4 Å². The molecule has 9 heteroatoms. The summed E-state index contributed by atoms with van der Waals surface area (Å²) < 4.78 is 5.56. The normalized spacial score (nSPS) is 10.5. The number of thiophene rings is 1. The van der Waals surface area contributed by atoms with Crippen LogP contribution in [-0.4, -0.2) is 27.9 Å². The summed E-state index contributed by atoms with van der Waals surface area (Å²) in [6.45, 7) is 2.34. The molecule has 3 aromatic rings. The molecule has 0 aliphatic carbocycles. The summed E-state index contributed by atoms with van der Waals surface area (Å²) in [5, 5.41) is 15.0. The quantitative estimate of drug-likeness (QED) is 0.629. The van der Waals surface area contributed by atoms with Crippen LogP contribution in [0, 0.1) is 6.92 Å². The molecule has 2 N–H and O–H groups in total. The maximum Gasteiger partial charge on any atom is 0.321 e. The summed E-state index contributed by atoms with van der Waals surface area (Å²) in [6.07, 6.45) is 0. The van der Waals surface area contributed by atoms with Crippen LogP contribution < -0.4 is 10.6 Å². The molecule has 3 rings (SSSR count). The van der Waals surface area contributed by atoms with Crippen molar-refractivity contribution in [2.24, 2.45) is 0 Å². The van der Waals surface area contributed by atoms with E-state index in [9.17, 15) is 9.59 Å². The fraction of sp³-hybridized carbons (Fsp3) is 0.176. The van der Waals surface area contributed by atoms with Crippen LogP contribution in [0.5, 0.6) is 0 Å². The van der Waals surface area contributed by atoms with Crippen LogP contribution >= 0.6 is 23.1 Å². The second-order valence-electron chi connectivity index (χ2n) is 5.29. The molecule has 0 aliphatic heterocycles. The van der Waals surface area contributed by atoms with Crippen LogP contribution in [-0.2, 0) is 11.3 Å². The van der Waals surface area contributed by atoms with E-state index < -0.39 is 11.9 Å². The standard InChI is InChI=1S/C17H16N4O3S2/c1-11-5-2-3-7-13(11)15-20-21-17(24-15)26-10-14(22)19-16(23)18-9-12-6-4-8-25-12/h2-8H,9-10H2,1H3,(H2,18,19,22,23). The van der Waals surface area contributed by atoms with Crippen LogP contribution in [0.2, 0.25) is 0 Å². The molecule has 0 saturated heterocycles. The molecule has 0 fully saturated rings. The highest BCUT2D eigenvalue weighted by atomic mass is 32.2. The summed E-state index contributed by atoms with van der Waals surface area (Å²) >= 11 is 2.61. The lowest BCUT2D eigenvalue weighted by atomic mass is 10.1. The van der Waals surface area contributed by atoms with Gasteiger partial charge in [0.15, 0.2) is 0 Å². The molecule has 0 unspecified atom stereocenters. The number of aromatic nitrogens is 2. The van der Waals surface area contributed by atoms with Gasteiger partial charge in [-0.3, -0.25) is 10.1 Å². The highest BCUT2D eigenvalue weighted by molar-refractivity contribution is 7.99. The maximum atomic E-state index is 11.8. The SMILES string of the molecule is Cc1ccccc1-c1nnc(SCC(=O)NC(=O)NCc2cccs2)o1. The molecule has 0 aliphatic rings. The van der Waals surface area contributed by atoms with Gasteiger partial charge in [-0.15, -0.1) is 21.5 Å². The summed E-state index contributed by atoms with van der Waals surface area (Å²) in [5.74, 6) is -0.0315. The van der Waals surface area contributed by atoms with Crippen molar-refractivity contribution in [2.45, 2.75) is 18.7 Å². The monoisotopic (exact) mass is 388 g/mol. The summed E-state index contributed by atoms with van der Waals surface area (Å²) in [7, 11) is 0. The number of carbonyl (C=O) groups excluding carboxylic acids is 2. The molecule has 0 radical (unpaired) electrons. The van der Waals surface area contributed by atoms with Crippen molar-refractivity contribution in [3.8, 4) is 11.5 Å². The topological polar surface area (TPSA) is 97.1 Å². The van der Waals surface area contributed by atoms with Crippen LogP contribution in [0.15, 0.2) is 51.4 Å². The molecule has 0 atom stereocenters. The number of thioether (sulfide) groups is 1. The van der Waals surface area contributed by atoms with Gasteiger partial charge in [-0.05, 0) is 30.0 Å². The Morgan fingerprint density at radius 3 is 2.81 bits per heavy atom. The molecule has 0 spiro atoms. The number of nitrogens with zero attached hydrogens (tertiary/aromatic N) is 2. The highest BCUT2D eigenvalue weighted by Gasteiger charge is 2.14. The van der Waals surface area contributed by atoms with Crippen molar-refractivity contribution in [3.63, 3.8) is 0 Å². The Labute approximate surface area is 158 Å². The Hall–Kier alpha value is -2.65. The third-order valence-corrected chi connectivity index (χ3v) is 5.06. The van der Waals surface area contributed by atoms with E-state index in [1.165, 1.54) is 11.3 Å². The lowest BCUT2D eigenvalue weighted by Crippen LogP contribution is -2.39. The summed E-state index contributed by atoms with van der Waals surface area (Å²) in [4.78, 5) is 24.5. The van der Waals surface area contributed by atoms with E-state index in [1.54, 1.807) is 0 Å². The summed E-state index contributed by atoms with van der Waals surface area (Å²) in [6, 6.07) is 10.9. The van der Waals surface area contributed by atoms with Crippen LogP contribution in [0.4, 0.5) is 4.79 Å². The van der Waals surface area contributed by atoms with E-state index >= 15 is 0 Å². The van der Waals surface area contributed by atoms with Gasteiger partial charge in [0.05, 0.1) is 12.3 Å². The lowest BCUT2D eigenvalue weighted by Gasteiger charge is -2.04. The average molecular weight is 388 g/mol. The molecule has 2 aromatic heterocycles. The van der Waals surface area contributed by atoms with Crippen LogP contribution in [0.1, 0.15) is 10.4 Å². The Kier molecular flexibility index (Phi) is 6.03. The van der Waals surface area contributed by atoms with Gasteiger partial charge in [-0.1, -0.05) is 36.0 Å². The first-order valence-electron chi connectivity index (χ1n) is 7.74. The van der Waals surface area contributed by atoms with E-state index in [-0.39, 0.29) is 11.0 Å². The smallest absolute Gasteiger partial charge is 0.321 e. The number of carbonyl (C=O) groups is 2. The number of benzene rings is 1. The van der Waals surface area contributed by atoms with Gasteiger partial charge in [-0.2, -0.15) is 0 Å². The first-order valence-corrected chi connectivity index (χ1v) is 9.60. The zero-order chi connectivity index (χ0) is 18.4. The van der Waals surface area contributed by atoms with E-state index in [0.29, 0.717) is 12.4 Å². The number of rotatable bonds is 6. The Morgan fingerprint density at radius 2 is 2.04 bits per heavy atom. The number of aryl methyl sites for hydroxylation is 1. The summed E-state index contributed by atoms with van der Waals surface area (Å²) in [5.41, 5.74) is 1.87. The van der Waals surface area contributed by atoms with Crippen molar-refractivity contribution >= 4 is 35.0 Å². The molecular formula is C17H16N4O3S2. The van der Waals surface area contributed by atoms with Gasteiger partial charge in [0.2, 0.25) is 11.8 Å². The Balaban J connectivity index is 1.46. The van der Waals surface area contributed by atoms with Gasteiger partial charge in [0.1, 0.15) is 0 Å². The first kappa shape index (κ1) is 18.2. The molecule has 2 heterocycles. The number of nitrogens with one attached hydrogen (secondary N) is 2. The van der Waals surface area contributed by atoms with Crippen molar-refractivity contribution in [1.82, 2.24) is 20.8 Å². The third-order valence-electron chi connectivity index (χ3n) is 3.36. The van der Waals surface area contributed by atoms with Crippen LogP contribution in [0.25, 0.3) is 11.5 Å². The molecule has 0 saturated carbocycles. The molecule has 134 valence electrons. The molecule has 3 amide bonds. The minimum absolute atomic E-state index is 0.00181. The Morgan fingerprint density at radius 1 is 1.19 bits per heavy atom. The third kappa shape index (κ3) is 4.93. The molecule has 1 aromatic carbocycles. The lowest BCUT2D eigenvalue weighted by molar-refractivity contribution is -0.117. The predicted molar refractivity (Wildman–Crippen MR) is 99.9 cm³/mol. The van der Waals surface area contributed by atoms with Gasteiger partial charge in [-0.25, -0.2) is 4.79 Å². The number of hydrogen-bond donors (Lipinski definition) is 2. The van der Waals surface area contributed by atoms with E-state index in [0.717, 1.165) is 27.8 Å². The minimum Gasteiger partial charge on any atom is -0.411 e. The highest BCUT2D eigenvalue weighted by Crippen LogP contribution is 2.25. The van der Waals surface area contributed by atoms with E-state index in [2.05, 4.69) is 20.8 Å². The first-order chi connectivity index (χ1) is 12.6. The molecular weight excluding hydrogens is 372 g/mol. The van der Waals surface area contributed by atoms with Gasteiger partial charge < -0.3 is 9.73 Å². The molecule has 0 bridgehead atoms. The van der Waals surface area contributed by atoms with E-state index in [4.69, 9.17) is 4.42 Å². The predicted octanol–water partition coefficient (Wildman–Crippen LogP) is 3.22. The largest absolute Gasteiger partial charge is 0.411 e. The van der Waals surface area contributed by atoms with Crippen molar-refractivity contribution < 1.29 is 14.0 Å². The zero-order valence-electron chi connectivity index (χ0n) is 13.9. The fourth-order valence-corrected chi connectivity index (χ4v) is 3.31. The maximum absolute atomic E-state index is 11.8. The zero-order valence-corrected chi connectivity index (χ0v) is 15.5. The minimum atomic E-state index is -0.532. The van der Waals surface area contributed by atoms with Crippen molar-refractivity contribution in [1.29, 1.82) is 0 Å². The van der Waals surface area contributed by atoms with Crippen LogP contribution in [0.3, 0.4) is 0 Å². The number of imide groups is 1. The fourth-order valence-electron chi connectivity index (χ4n) is 2.10. The second-order valence-corrected chi connectivity index (χ2v) is 7.25. The van der Waals surface area contributed by atoms with Gasteiger partial charge in [0.25, 0.3) is 5.22 Å². The van der Waals surface area contributed by atoms with Crippen molar-refractivity contribution in [2.75, 3.05) is 5.75 Å². The average Bonchev–Trinajstić information content (AvgIpc) is 3.30. The van der Waals surface area contributed by atoms with E-state index in [1.807, 2.05) is 48.7 Å². The van der Waals surface area contributed by atoms with Gasteiger partial charge >= 0.3 is 6.03 Å². The Bertz CT molecular complexity index is 893. The second kappa shape index (κ2) is 8.63. The number of urea groups is 1. The van der Waals surface area contributed by atoms with Crippen molar-refractivity contribution in [3.05, 3.63) is 52.2 Å². The number of hydrogen-bond acceptors (Lipinski definition) is 7. The molecule has 7 nitrogen and oxygen atoms in total. The molecule has 26 heavy (non-hydrogen) atoms.